The van der Waals surface area contributed by atoms with Gasteiger partial charge in [0.15, 0.2) is 5.78 Å². The first-order valence-electron chi connectivity index (χ1n) is 5.62. The minimum absolute atomic E-state index is 0.0359. The number of carbonyl (C=O) groups is 1. The van der Waals surface area contributed by atoms with Gasteiger partial charge in [0.25, 0.3) is 0 Å². The van der Waals surface area contributed by atoms with Gasteiger partial charge in [-0.3, -0.25) is 4.79 Å². The van der Waals surface area contributed by atoms with Crippen molar-refractivity contribution in [3.05, 3.63) is 70.3 Å². The van der Waals surface area contributed by atoms with Crippen molar-refractivity contribution in [3.63, 3.8) is 0 Å². The van der Waals surface area contributed by atoms with E-state index in [0.717, 1.165) is 15.4 Å². The van der Waals surface area contributed by atoms with Crippen LogP contribution in [0.3, 0.4) is 0 Å². The Balaban J connectivity index is 2.12. The van der Waals surface area contributed by atoms with Crippen LogP contribution in [-0.2, 0) is 0 Å². The summed E-state index contributed by atoms with van der Waals surface area (Å²) in [7, 11) is 0. The van der Waals surface area contributed by atoms with Gasteiger partial charge in [0, 0.05) is 32.7 Å². The van der Waals surface area contributed by atoms with Gasteiger partial charge in [0.2, 0.25) is 0 Å². The number of fused-ring (bicyclic) bond motifs is 1. The summed E-state index contributed by atoms with van der Waals surface area (Å²) in [5.41, 5.74) is 2.38. The molecule has 0 atom stereocenters. The molecule has 0 fully saturated rings. The van der Waals surface area contributed by atoms with Gasteiger partial charge in [-0.15, -0.1) is 0 Å². The summed E-state index contributed by atoms with van der Waals surface area (Å²) in [4.78, 5) is 15.6. The summed E-state index contributed by atoms with van der Waals surface area (Å²) < 4.78 is 0.910. The van der Waals surface area contributed by atoms with E-state index in [1.165, 1.54) is 0 Å². The van der Waals surface area contributed by atoms with Crippen LogP contribution in [0.15, 0.2) is 59.2 Å². The van der Waals surface area contributed by atoms with Gasteiger partial charge in [0.05, 0.1) is 0 Å². The van der Waals surface area contributed by atoms with Crippen molar-refractivity contribution in [2.75, 3.05) is 0 Å². The first kappa shape index (κ1) is 11.2. The fourth-order valence-corrected chi connectivity index (χ4v) is 2.44. The number of aromatic nitrogens is 1. The predicted molar refractivity (Wildman–Crippen MR) is 75.9 cm³/mol. The number of para-hydroxylation sites is 1. The minimum atomic E-state index is 0.0359. The molecule has 0 unspecified atom stereocenters. The van der Waals surface area contributed by atoms with E-state index in [4.69, 9.17) is 0 Å². The maximum atomic E-state index is 12.4. The van der Waals surface area contributed by atoms with Crippen molar-refractivity contribution in [1.82, 2.24) is 4.98 Å². The first-order valence-corrected chi connectivity index (χ1v) is 6.41. The highest BCUT2D eigenvalue weighted by atomic mass is 79.9. The zero-order valence-electron chi connectivity index (χ0n) is 9.48. The molecule has 3 rings (SSSR count). The van der Waals surface area contributed by atoms with E-state index >= 15 is 0 Å². The summed E-state index contributed by atoms with van der Waals surface area (Å²) in [5, 5.41) is 0.961. The van der Waals surface area contributed by atoms with Crippen LogP contribution in [0.5, 0.6) is 0 Å². The standard InChI is InChI=1S/C15H10BrNO/c16-11-5-3-4-10(8-11)15(18)13-9-17-14-7-2-1-6-12(13)14/h1-9,17H. The van der Waals surface area contributed by atoms with Crippen LogP contribution >= 0.6 is 15.9 Å². The monoisotopic (exact) mass is 299 g/mol. The Kier molecular flexibility index (Phi) is 2.76. The molecule has 0 amide bonds. The molecule has 18 heavy (non-hydrogen) atoms. The average molecular weight is 300 g/mol. The molecule has 2 aromatic carbocycles. The molecule has 0 bridgehead atoms. The highest BCUT2D eigenvalue weighted by Crippen LogP contribution is 2.22. The molecule has 0 saturated heterocycles. The van der Waals surface area contributed by atoms with E-state index < -0.39 is 0 Å². The lowest BCUT2D eigenvalue weighted by Crippen LogP contribution is -1.99. The second-order valence-electron chi connectivity index (χ2n) is 4.09. The number of halogens is 1. The smallest absolute Gasteiger partial charge is 0.195 e. The van der Waals surface area contributed by atoms with Gasteiger partial charge in [-0.05, 0) is 18.2 Å². The van der Waals surface area contributed by atoms with Gasteiger partial charge >= 0.3 is 0 Å². The van der Waals surface area contributed by atoms with Crippen LogP contribution in [-0.4, -0.2) is 10.8 Å². The normalized spacial score (nSPS) is 10.7. The Hall–Kier alpha value is -1.87. The molecule has 1 aromatic heterocycles. The molecule has 0 radical (unpaired) electrons. The molecule has 1 N–H and O–H groups in total. The van der Waals surface area contributed by atoms with Crippen LogP contribution in [0.2, 0.25) is 0 Å². The quantitative estimate of drug-likeness (QED) is 0.708. The number of aromatic amines is 1. The lowest BCUT2D eigenvalue weighted by Gasteiger charge is -2.00. The van der Waals surface area contributed by atoms with Crippen molar-refractivity contribution >= 4 is 32.6 Å². The molecule has 88 valence electrons. The number of carbonyl (C=O) groups excluding carboxylic acids is 1. The third kappa shape index (κ3) is 1.87. The van der Waals surface area contributed by atoms with Crippen LogP contribution in [0, 0.1) is 0 Å². The van der Waals surface area contributed by atoms with E-state index in [0.29, 0.717) is 11.1 Å². The summed E-state index contributed by atoms with van der Waals surface area (Å²) in [6, 6.07) is 15.3. The molecule has 0 aliphatic heterocycles. The number of nitrogens with one attached hydrogen (secondary N) is 1. The molecule has 0 saturated carbocycles. The third-order valence-corrected chi connectivity index (χ3v) is 3.41. The largest absolute Gasteiger partial charge is 0.360 e. The van der Waals surface area contributed by atoms with Gasteiger partial charge in [-0.25, -0.2) is 0 Å². The predicted octanol–water partition coefficient (Wildman–Crippen LogP) is 4.16. The van der Waals surface area contributed by atoms with E-state index in [2.05, 4.69) is 20.9 Å². The molecular formula is C15H10BrNO. The van der Waals surface area contributed by atoms with Crippen molar-refractivity contribution in [3.8, 4) is 0 Å². The Morgan fingerprint density at radius 3 is 2.72 bits per heavy atom. The molecule has 2 nitrogen and oxygen atoms in total. The zero-order chi connectivity index (χ0) is 12.5. The third-order valence-electron chi connectivity index (χ3n) is 2.92. The van der Waals surface area contributed by atoms with Gasteiger partial charge in [0.1, 0.15) is 0 Å². The first-order chi connectivity index (χ1) is 8.75. The summed E-state index contributed by atoms with van der Waals surface area (Å²) in [6.07, 6.45) is 1.77. The average Bonchev–Trinajstić information content (AvgIpc) is 2.82. The molecule has 0 spiro atoms. The van der Waals surface area contributed by atoms with Crippen LogP contribution in [0.4, 0.5) is 0 Å². The maximum Gasteiger partial charge on any atom is 0.195 e. The lowest BCUT2D eigenvalue weighted by atomic mass is 10.0. The summed E-state index contributed by atoms with van der Waals surface area (Å²) in [5.74, 6) is 0.0359. The number of ketones is 1. The fourth-order valence-electron chi connectivity index (χ4n) is 2.04. The number of benzene rings is 2. The van der Waals surface area contributed by atoms with Gasteiger partial charge in [-0.2, -0.15) is 0 Å². The van der Waals surface area contributed by atoms with E-state index in [9.17, 15) is 4.79 Å². The highest BCUT2D eigenvalue weighted by molar-refractivity contribution is 9.10. The summed E-state index contributed by atoms with van der Waals surface area (Å²) in [6.45, 7) is 0. The zero-order valence-corrected chi connectivity index (χ0v) is 11.1. The van der Waals surface area contributed by atoms with Crippen LogP contribution in [0.1, 0.15) is 15.9 Å². The van der Waals surface area contributed by atoms with E-state index in [1.54, 1.807) is 6.20 Å². The summed E-state index contributed by atoms with van der Waals surface area (Å²) >= 11 is 3.38. The molecule has 3 heteroatoms. The van der Waals surface area contributed by atoms with Crippen molar-refractivity contribution in [2.24, 2.45) is 0 Å². The van der Waals surface area contributed by atoms with Crippen molar-refractivity contribution < 1.29 is 4.79 Å². The van der Waals surface area contributed by atoms with Gasteiger partial charge in [-0.1, -0.05) is 46.3 Å². The number of hydrogen-bond acceptors (Lipinski definition) is 1. The second-order valence-corrected chi connectivity index (χ2v) is 5.00. The Morgan fingerprint density at radius 1 is 1.06 bits per heavy atom. The van der Waals surface area contributed by atoms with Crippen LogP contribution in [0.25, 0.3) is 10.9 Å². The van der Waals surface area contributed by atoms with Gasteiger partial charge < -0.3 is 4.98 Å². The minimum Gasteiger partial charge on any atom is -0.360 e. The second kappa shape index (κ2) is 4.42. The number of rotatable bonds is 2. The maximum absolute atomic E-state index is 12.4. The van der Waals surface area contributed by atoms with Crippen molar-refractivity contribution in [2.45, 2.75) is 0 Å². The Labute approximate surface area is 113 Å². The molecule has 0 aliphatic rings. The molecule has 3 aromatic rings. The number of hydrogen-bond donors (Lipinski definition) is 1. The lowest BCUT2D eigenvalue weighted by molar-refractivity contribution is 0.104. The van der Waals surface area contributed by atoms with E-state index in [1.807, 2.05) is 48.5 Å². The molecule has 1 heterocycles. The number of H-pyrrole nitrogens is 1. The molecular weight excluding hydrogens is 290 g/mol. The Morgan fingerprint density at radius 2 is 1.89 bits per heavy atom. The topological polar surface area (TPSA) is 32.9 Å². The highest BCUT2D eigenvalue weighted by Gasteiger charge is 2.13. The Bertz CT molecular complexity index is 730. The fraction of sp³-hybridized carbons (Fsp3) is 0. The van der Waals surface area contributed by atoms with Crippen LogP contribution < -0.4 is 0 Å². The molecule has 0 aliphatic carbocycles. The SMILES string of the molecule is O=C(c1cccc(Br)c1)c1c[nH]c2ccccc12. The van der Waals surface area contributed by atoms with Crippen molar-refractivity contribution in [1.29, 1.82) is 0 Å². The van der Waals surface area contributed by atoms with E-state index in [-0.39, 0.29) is 5.78 Å².